The summed E-state index contributed by atoms with van der Waals surface area (Å²) in [6.45, 7) is -2.23. The average molecular weight is 1470 g/mol. The zero-order chi connectivity index (χ0) is 74.4. The highest BCUT2D eigenvalue weighted by atomic mass is 16.8. The van der Waals surface area contributed by atoms with Crippen molar-refractivity contribution in [3.05, 3.63) is 12.2 Å². The van der Waals surface area contributed by atoms with Gasteiger partial charge in [0.25, 0.3) is 11.8 Å². The van der Waals surface area contributed by atoms with Gasteiger partial charge in [0.1, 0.15) is 136 Å². The summed E-state index contributed by atoms with van der Waals surface area (Å²) in [5.41, 5.74) is 0. The maximum atomic E-state index is 13.6. The van der Waals surface area contributed by atoms with E-state index >= 15 is 0 Å². The number of aliphatic hydroxyl groups excluding tert-OH is 10. The van der Waals surface area contributed by atoms with E-state index in [0.29, 0.717) is 44.9 Å². The Morgan fingerprint density at radius 3 is 1.51 bits per heavy atom. The minimum atomic E-state index is -2.04. The first-order valence-corrected chi connectivity index (χ1v) is 34.4. The van der Waals surface area contributed by atoms with Crippen LogP contribution in [0.3, 0.4) is 0 Å². The summed E-state index contributed by atoms with van der Waals surface area (Å²) in [6.07, 6.45) is -25.1. The van der Waals surface area contributed by atoms with Gasteiger partial charge in [0.2, 0.25) is 23.6 Å². The summed E-state index contributed by atoms with van der Waals surface area (Å²) >= 11 is 0. The van der Waals surface area contributed by atoms with Gasteiger partial charge in [0, 0.05) is 58.8 Å². The normalized spacial score (nSPS) is 32.5. The van der Waals surface area contributed by atoms with Crippen molar-refractivity contribution in [2.75, 3.05) is 93.8 Å². The van der Waals surface area contributed by atoms with E-state index in [1.54, 1.807) is 6.92 Å². The highest BCUT2D eigenvalue weighted by Crippen LogP contribution is 2.31. The lowest BCUT2D eigenvalue weighted by molar-refractivity contribution is -0.349. The van der Waals surface area contributed by atoms with Crippen molar-refractivity contribution >= 4 is 47.4 Å². The van der Waals surface area contributed by atoms with E-state index in [9.17, 15) is 89.4 Å². The van der Waals surface area contributed by atoms with Crippen LogP contribution in [0.5, 0.6) is 0 Å². The molecule has 0 aromatic carbocycles. The van der Waals surface area contributed by atoms with Gasteiger partial charge in [0.05, 0.1) is 40.1 Å². The third kappa shape index (κ3) is 26.2. The number of carbonyl (C=O) groups excluding carboxylic acids is 8. The van der Waals surface area contributed by atoms with Crippen molar-refractivity contribution < 1.29 is 156 Å². The maximum absolute atomic E-state index is 13.6. The van der Waals surface area contributed by atoms with Crippen LogP contribution in [0.1, 0.15) is 103 Å². The number of amides is 6. The lowest BCUT2D eigenvalue weighted by atomic mass is 9.97. The maximum Gasteiger partial charge on any atom is 0.328 e. The molecular weight excluding hydrogens is 1360 g/mol. The Labute approximate surface area is 589 Å². The number of carbonyl (C=O) groups is 8. The summed E-state index contributed by atoms with van der Waals surface area (Å²) in [7, 11) is 3.55. The summed E-state index contributed by atoms with van der Waals surface area (Å²) in [6, 6.07) is -2.39. The van der Waals surface area contributed by atoms with E-state index in [2.05, 4.69) is 33.1 Å². The zero-order valence-corrected chi connectivity index (χ0v) is 57.7. The number of nitrogens with one attached hydrogen (secondary N) is 4. The van der Waals surface area contributed by atoms with Crippen LogP contribution in [0.25, 0.3) is 0 Å². The molecule has 102 heavy (non-hydrogen) atoms. The summed E-state index contributed by atoms with van der Waals surface area (Å²) in [4.78, 5) is 102. The fourth-order valence-electron chi connectivity index (χ4n) is 11.8. The number of hydrogen-bond donors (Lipinski definition) is 14. The van der Waals surface area contributed by atoms with Crippen LogP contribution >= 0.6 is 0 Å². The number of rotatable bonds is 42. The van der Waals surface area contributed by atoms with Crippen molar-refractivity contribution in [2.45, 2.75) is 244 Å². The second kappa shape index (κ2) is 44.4. The van der Waals surface area contributed by atoms with E-state index < -0.39 is 192 Å². The second-order valence-corrected chi connectivity index (χ2v) is 25.2. The van der Waals surface area contributed by atoms with Crippen molar-refractivity contribution in [3.63, 3.8) is 0 Å². The second-order valence-electron chi connectivity index (χ2n) is 25.2. The molecule has 23 atom stereocenters. The first-order valence-electron chi connectivity index (χ1n) is 34.4. The number of imide groups is 1. The number of methoxy groups -OCH3 is 3. The largest absolute Gasteiger partial charge is 0.467 e. The number of aliphatic hydroxyl groups is 10. The number of esters is 2. The van der Waals surface area contributed by atoms with Crippen molar-refractivity contribution in [3.8, 4) is 11.8 Å². The number of nitrogens with zero attached hydrogens (tertiary/aromatic N) is 1. The molecule has 0 saturated carbocycles. The van der Waals surface area contributed by atoms with E-state index in [4.69, 9.17) is 66.3 Å². The molecule has 0 aromatic rings. The summed E-state index contributed by atoms with van der Waals surface area (Å²) in [5, 5.41) is 122. The Morgan fingerprint density at radius 2 is 0.990 bits per heavy atom. The Bertz CT molecular complexity index is 2710. The van der Waals surface area contributed by atoms with Gasteiger partial charge in [-0.3, -0.25) is 33.7 Å². The van der Waals surface area contributed by atoms with Gasteiger partial charge in [0.15, 0.2) is 25.2 Å². The molecule has 6 amide bonds. The van der Waals surface area contributed by atoms with Gasteiger partial charge in [-0.2, -0.15) is 0 Å². The van der Waals surface area contributed by atoms with E-state index in [1.807, 2.05) is 0 Å². The average Bonchev–Trinajstić information content (AvgIpc) is 0.990. The molecular formula is C65H103N5O32. The topological polar surface area (TPSA) is 519 Å². The SMILES string of the molecule is CCOC(=O)[C@H](CCCCNC(=O)COC1C#CCCCCC1)NC(=O)CO[C@@H]1C(O)[C@@H](OCC2O[C@H](OCC3O[C@H](OC)C(O)[C@@H](OCC(=O)N[C@H](CCCCNC(=O)CCCCCN4C(=O)C=CC4=O)C(=O)OC)[C@@H]3O)C(O)[C@@H](O)[C@@H]2O)OC(CO[C@H]2OC(COC)[C@@H](O)[C@H](O)C2O)[C@H]1O. The highest BCUT2D eigenvalue weighted by Gasteiger charge is 2.52. The predicted octanol–water partition coefficient (Wildman–Crippen LogP) is -6.28. The molecule has 6 aliphatic rings. The molecule has 0 bridgehead atoms. The molecule has 37 nitrogen and oxygen atoms in total. The fraction of sp³-hybridized carbons (Fsp3) is 0.815. The van der Waals surface area contributed by atoms with Crippen LogP contribution in [0.15, 0.2) is 12.2 Å². The van der Waals surface area contributed by atoms with Crippen molar-refractivity contribution in [1.29, 1.82) is 0 Å². The molecule has 5 aliphatic heterocycles. The van der Waals surface area contributed by atoms with Gasteiger partial charge in [-0.15, -0.1) is 5.92 Å². The molecule has 0 spiro atoms. The molecule has 580 valence electrons. The molecule has 4 saturated heterocycles. The molecule has 1 aliphatic carbocycles. The van der Waals surface area contributed by atoms with Crippen molar-refractivity contribution in [1.82, 2.24) is 26.2 Å². The van der Waals surface area contributed by atoms with E-state index in [0.717, 1.165) is 51.2 Å². The summed E-state index contributed by atoms with van der Waals surface area (Å²) in [5.74, 6) is 1.42. The monoisotopic (exact) mass is 1470 g/mol. The van der Waals surface area contributed by atoms with Gasteiger partial charge in [-0.25, -0.2) is 9.59 Å². The minimum absolute atomic E-state index is 0.0382. The van der Waals surface area contributed by atoms with Crippen LogP contribution in [0, 0.1) is 11.8 Å². The number of hydrogen-bond acceptors (Lipinski definition) is 32. The van der Waals surface area contributed by atoms with Crippen LogP contribution < -0.4 is 21.3 Å². The molecule has 4 fully saturated rings. The lowest BCUT2D eigenvalue weighted by Gasteiger charge is -2.45. The first kappa shape index (κ1) is 85.3. The number of unbranched alkanes of at least 4 members (excludes halogenated alkanes) is 4. The summed E-state index contributed by atoms with van der Waals surface area (Å²) < 4.78 is 78.0. The van der Waals surface area contributed by atoms with Crippen LogP contribution in [-0.2, 0) is 105 Å². The third-order valence-electron chi connectivity index (χ3n) is 17.6. The van der Waals surface area contributed by atoms with Gasteiger partial charge in [-0.1, -0.05) is 18.8 Å². The van der Waals surface area contributed by atoms with Crippen LogP contribution in [-0.4, -0.2) is 338 Å². The van der Waals surface area contributed by atoms with Crippen LogP contribution in [0.2, 0.25) is 0 Å². The van der Waals surface area contributed by atoms with Gasteiger partial charge < -0.3 is 139 Å². The Morgan fingerprint density at radius 1 is 0.510 bits per heavy atom. The molecule has 9 unspecified atom stereocenters. The zero-order valence-electron chi connectivity index (χ0n) is 57.7. The predicted molar refractivity (Wildman–Crippen MR) is 342 cm³/mol. The van der Waals surface area contributed by atoms with Gasteiger partial charge >= 0.3 is 11.9 Å². The Kier molecular flexibility index (Phi) is 37.1. The smallest absolute Gasteiger partial charge is 0.328 e. The minimum Gasteiger partial charge on any atom is -0.467 e. The fourth-order valence-corrected chi connectivity index (χ4v) is 11.8. The van der Waals surface area contributed by atoms with Gasteiger partial charge in [-0.05, 0) is 77.6 Å². The highest BCUT2D eigenvalue weighted by molar-refractivity contribution is 6.12. The molecule has 6 rings (SSSR count). The third-order valence-corrected chi connectivity index (χ3v) is 17.6. The van der Waals surface area contributed by atoms with E-state index in [1.165, 1.54) is 19.3 Å². The van der Waals surface area contributed by atoms with Crippen LogP contribution in [0.4, 0.5) is 0 Å². The Balaban J connectivity index is 1.02. The van der Waals surface area contributed by atoms with E-state index in [-0.39, 0.29) is 88.5 Å². The molecule has 14 N–H and O–H groups in total. The quantitative estimate of drug-likeness (QED) is 0.0117. The molecule has 0 aromatic heterocycles. The molecule has 0 radical (unpaired) electrons. The number of ether oxygens (including phenoxy) is 14. The Hall–Kier alpha value is -5.62. The lowest BCUT2D eigenvalue weighted by Crippen LogP contribution is -2.63. The standard InChI is InChI=1S/C65H103N5O32/c1-5-92-61(88)37(21-14-16-26-67-43(72)32-93-35-18-10-7-6-8-11-19-35)69-45(74)34-95-59-51(80)41(31-97-63-54(83)52(81)48(77)38(100-63)28-89-2)102-65(57(59)86)98-29-39-49(78)53(82)55(84)64(101-39)96-30-40-50(79)58(56(85)62(91-4)99-40)94-33-44(73)68-36(60(87)90-3)20-13-15-25-66-42(71)22-12-9-17-27-70-46(75)23-24-47(70)76/h23-24,35-41,48-59,62-65,77-86H,5-10,12-18,20-22,25-34H2,1-4H3,(H,66,71)(H,67,72)(H,68,73)(H,69,74)/t35?,36-,37+,38?,39?,40?,41?,48-,49-,50-,51-,52+,53+,54?,55?,56?,57?,58+,59+,62+,63+,64+,65+/m1/s1. The molecule has 37 heteroatoms. The first-order chi connectivity index (χ1) is 48.9. The molecule has 5 heterocycles. The van der Waals surface area contributed by atoms with Crippen molar-refractivity contribution in [2.24, 2.45) is 0 Å².